The van der Waals surface area contributed by atoms with Crippen molar-refractivity contribution >= 4 is 28.4 Å². The molecule has 1 N–H and O–H groups in total. The molecule has 1 fully saturated rings. The van der Waals surface area contributed by atoms with E-state index in [0.717, 1.165) is 41.1 Å². The van der Waals surface area contributed by atoms with Crippen molar-refractivity contribution in [1.82, 2.24) is 14.8 Å². The predicted octanol–water partition coefficient (Wildman–Crippen LogP) is 5.56. The Morgan fingerprint density at radius 2 is 1.90 bits per heavy atom. The van der Waals surface area contributed by atoms with Gasteiger partial charge in [-0.15, -0.1) is 0 Å². The fourth-order valence-electron chi connectivity index (χ4n) is 4.67. The highest BCUT2D eigenvalue weighted by Crippen LogP contribution is 2.27. The average molecular weight is 438 g/mol. The van der Waals surface area contributed by atoms with E-state index in [1.165, 1.54) is 36.1 Å². The Hall–Kier alpha value is -2.30. The highest BCUT2D eigenvalue weighted by atomic mass is 35.5. The summed E-state index contributed by atoms with van der Waals surface area (Å²) in [6.45, 7) is 10.1. The van der Waals surface area contributed by atoms with Crippen LogP contribution in [0.25, 0.3) is 10.9 Å². The van der Waals surface area contributed by atoms with Gasteiger partial charge in [-0.1, -0.05) is 30.2 Å². The smallest absolute Gasteiger partial charge is 0.251 e. The quantitative estimate of drug-likeness (QED) is 0.547. The van der Waals surface area contributed by atoms with E-state index in [1.807, 2.05) is 24.3 Å². The molecule has 1 aliphatic heterocycles. The molecule has 0 aliphatic carbocycles. The number of benzene rings is 2. The van der Waals surface area contributed by atoms with Crippen LogP contribution in [0.1, 0.15) is 53.4 Å². The van der Waals surface area contributed by atoms with Gasteiger partial charge in [0.1, 0.15) is 0 Å². The van der Waals surface area contributed by atoms with E-state index in [4.69, 9.17) is 11.6 Å². The standard InChI is InChI=1S/C26H32ClN3O/c1-18-6-4-5-14-29(18)15-13-28-26(31)22-9-12-25-24(16-22)19(2)20(3)30(25)17-21-7-10-23(27)11-8-21/h7-12,16,18H,4-6,13-15,17H2,1-3H3,(H,28,31)/t18-/m0/s1. The zero-order chi connectivity index (χ0) is 22.0. The van der Waals surface area contributed by atoms with E-state index in [0.29, 0.717) is 12.6 Å². The molecule has 3 aromatic rings. The maximum absolute atomic E-state index is 12.8. The van der Waals surface area contributed by atoms with E-state index < -0.39 is 0 Å². The molecule has 0 radical (unpaired) electrons. The predicted molar refractivity (Wildman–Crippen MR) is 129 cm³/mol. The molecule has 0 bridgehead atoms. The van der Waals surface area contributed by atoms with Crippen LogP contribution in [0.5, 0.6) is 0 Å². The van der Waals surface area contributed by atoms with Gasteiger partial charge in [0.2, 0.25) is 0 Å². The fourth-order valence-corrected chi connectivity index (χ4v) is 4.80. The highest BCUT2D eigenvalue weighted by molar-refractivity contribution is 6.30. The number of hydrogen-bond acceptors (Lipinski definition) is 2. The van der Waals surface area contributed by atoms with Crippen molar-refractivity contribution in [2.45, 2.75) is 52.6 Å². The summed E-state index contributed by atoms with van der Waals surface area (Å²) in [5.74, 6) is 0.00840. The molecule has 1 atom stereocenters. The van der Waals surface area contributed by atoms with Crippen molar-refractivity contribution in [3.05, 3.63) is 69.9 Å². The maximum atomic E-state index is 12.8. The van der Waals surface area contributed by atoms with Crippen molar-refractivity contribution in [3.63, 3.8) is 0 Å². The molecule has 1 aliphatic rings. The maximum Gasteiger partial charge on any atom is 0.251 e. The lowest BCUT2D eigenvalue weighted by atomic mass is 10.0. The van der Waals surface area contributed by atoms with Crippen molar-refractivity contribution in [2.24, 2.45) is 0 Å². The Balaban J connectivity index is 1.48. The first kappa shape index (κ1) is 21.9. The molecule has 4 rings (SSSR count). The summed E-state index contributed by atoms with van der Waals surface area (Å²) < 4.78 is 2.31. The summed E-state index contributed by atoms with van der Waals surface area (Å²) >= 11 is 6.03. The number of nitrogens with one attached hydrogen (secondary N) is 1. The molecule has 1 amide bonds. The summed E-state index contributed by atoms with van der Waals surface area (Å²) in [7, 11) is 0. The molecular formula is C26H32ClN3O. The van der Waals surface area contributed by atoms with Crippen LogP contribution in [0.4, 0.5) is 0 Å². The molecule has 0 spiro atoms. The van der Waals surface area contributed by atoms with E-state index >= 15 is 0 Å². The number of aryl methyl sites for hydroxylation is 1. The summed E-state index contributed by atoms with van der Waals surface area (Å²) in [6.07, 6.45) is 3.84. The van der Waals surface area contributed by atoms with E-state index in [2.05, 4.69) is 53.8 Å². The fraction of sp³-hybridized carbons (Fsp3) is 0.423. The molecule has 1 aromatic heterocycles. The second kappa shape index (κ2) is 9.46. The number of fused-ring (bicyclic) bond motifs is 1. The van der Waals surface area contributed by atoms with Gasteiger partial charge < -0.3 is 9.88 Å². The minimum Gasteiger partial charge on any atom is -0.351 e. The van der Waals surface area contributed by atoms with Gasteiger partial charge in [-0.05, 0) is 81.6 Å². The molecule has 2 aromatic carbocycles. The van der Waals surface area contributed by atoms with E-state index in [-0.39, 0.29) is 5.91 Å². The highest BCUT2D eigenvalue weighted by Gasteiger charge is 2.18. The number of carbonyl (C=O) groups excluding carboxylic acids is 1. The molecular weight excluding hydrogens is 406 g/mol. The van der Waals surface area contributed by atoms with Crippen LogP contribution in [-0.4, -0.2) is 41.1 Å². The van der Waals surface area contributed by atoms with Crippen molar-refractivity contribution in [3.8, 4) is 0 Å². The van der Waals surface area contributed by atoms with Gasteiger partial charge in [0.15, 0.2) is 0 Å². The second-order valence-electron chi connectivity index (χ2n) is 8.79. The number of rotatable bonds is 6. The number of piperidine rings is 1. The first-order chi connectivity index (χ1) is 14.9. The minimum absolute atomic E-state index is 0.00840. The van der Waals surface area contributed by atoms with E-state index in [1.54, 1.807) is 0 Å². The number of hydrogen-bond donors (Lipinski definition) is 1. The van der Waals surface area contributed by atoms with Crippen LogP contribution in [0, 0.1) is 13.8 Å². The summed E-state index contributed by atoms with van der Waals surface area (Å²) in [5, 5.41) is 5.01. The molecule has 2 heterocycles. The monoisotopic (exact) mass is 437 g/mol. The Kier molecular flexibility index (Phi) is 6.68. The summed E-state index contributed by atoms with van der Waals surface area (Å²) in [5.41, 5.74) is 5.54. The number of aromatic nitrogens is 1. The topological polar surface area (TPSA) is 37.3 Å². The normalized spacial score (nSPS) is 17.2. The van der Waals surface area contributed by atoms with Gasteiger partial charge in [0.05, 0.1) is 0 Å². The Bertz CT molecular complexity index is 1070. The summed E-state index contributed by atoms with van der Waals surface area (Å²) in [4.78, 5) is 15.3. The number of nitrogens with zero attached hydrogens (tertiary/aromatic N) is 2. The molecule has 5 heteroatoms. The molecule has 0 unspecified atom stereocenters. The number of halogens is 1. The second-order valence-corrected chi connectivity index (χ2v) is 9.23. The summed E-state index contributed by atoms with van der Waals surface area (Å²) in [6, 6.07) is 14.7. The van der Waals surface area contributed by atoms with Gasteiger partial charge in [0, 0.05) is 52.9 Å². The Labute approximate surface area is 190 Å². The average Bonchev–Trinajstić information content (AvgIpc) is 3.01. The number of carbonyl (C=O) groups is 1. The van der Waals surface area contributed by atoms with Crippen molar-refractivity contribution in [2.75, 3.05) is 19.6 Å². The van der Waals surface area contributed by atoms with Crippen molar-refractivity contribution in [1.29, 1.82) is 0 Å². The van der Waals surface area contributed by atoms with Crippen molar-refractivity contribution < 1.29 is 4.79 Å². The first-order valence-corrected chi connectivity index (χ1v) is 11.7. The van der Waals surface area contributed by atoms with Crippen LogP contribution >= 0.6 is 11.6 Å². The van der Waals surface area contributed by atoms with Gasteiger partial charge in [-0.3, -0.25) is 9.69 Å². The molecule has 0 saturated carbocycles. The van der Waals surface area contributed by atoms with Gasteiger partial charge in [-0.25, -0.2) is 0 Å². The third kappa shape index (κ3) is 4.81. The number of likely N-dealkylation sites (tertiary alicyclic amines) is 1. The first-order valence-electron chi connectivity index (χ1n) is 11.3. The van der Waals surface area contributed by atoms with E-state index in [9.17, 15) is 4.79 Å². The van der Waals surface area contributed by atoms with Crippen LogP contribution in [-0.2, 0) is 6.54 Å². The van der Waals surface area contributed by atoms with Gasteiger partial charge in [-0.2, -0.15) is 0 Å². The molecule has 164 valence electrons. The zero-order valence-electron chi connectivity index (χ0n) is 18.7. The lowest BCUT2D eigenvalue weighted by Gasteiger charge is -2.33. The van der Waals surface area contributed by atoms with Crippen LogP contribution in [0.3, 0.4) is 0 Å². The van der Waals surface area contributed by atoms with Crippen LogP contribution < -0.4 is 5.32 Å². The van der Waals surface area contributed by atoms with Gasteiger partial charge >= 0.3 is 0 Å². The third-order valence-electron chi connectivity index (χ3n) is 6.78. The molecule has 31 heavy (non-hydrogen) atoms. The Morgan fingerprint density at radius 1 is 1.13 bits per heavy atom. The molecule has 1 saturated heterocycles. The lowest BCUT2D eigenvalue weighted by molar-refractivity contribution is 0.0938. The minimum atomic E-state index is 0.00840. The third-order valence-corrected chi connectivity index (χ3v) is 7.03. The van der Waals surface area contributed by atoms with Gasteiger partial charge in [0.25, 0.3) is 5.91 Å². The lowest BCUT2D eigenvalue weighted by Crippen LogP contribution is -2.42. The molecule has 4 nitrogen and oxygen atoms in total. The zero-order valence-corrected chi connectivity index (χ0v) is 19.5. The number of amides is 1. The van der Waals surface area contributed by atoms with Crippen LogP contribution in [0.2, 0.25) is 5.02 Å². The largest absolute Gasteiger partial charge is 0.351 e. The SMILES string of the molecule is Cc1c(C)n(Cc2ccc(Cl)cc2)c2ccc(C(=O)NCCN3CCCC[C@@H]3C)cc12. The van der Waals surface area contributed by atoms with Crippen LogP contribution in [0.15, 0.2) is 42.5 Å². The Morgan fingerprint density at radius 3 is 2.65 bits per heavy atom.